The van der Waals surface area contributed by atoms with Gasteiger partial charge < -0.3 is 9.88 Å². The molecule has 1 aliphatic heterocycles. The van der Waals surface area contributed by atoms with Gasteiger partial charge in [-0.25, -0.2) is 13.6 Å². The lowest BCUT2D eigenvalue weighted by Crippen LogP contribution is -2.17. The Morgan fingerprint density at radius 1 is 1.24 bits per heavy atom. The van der Waals surface area contributed by atoms with Crippen molar-refractivity contribution in [2.45, 2.75) is 18.7 Å². The number of sulfonamides is 1. The van der Waals surface area contributed by atoms with Crippen LogP contribution in [0.1, 0.15) is 17.0 Å². The molecular formula is C16H15N3O3S3. The van der Waals surface area contributed by atoms with Gasteiger partial charge in [0.05, 0.1) is 9.80 Å². The van der Waals surface area contributed by atoms with E-state index < -0.39 is 10.0 Å². The van der Waals surface area contributed by atoms with Crippen molar-refractivity contribution in [2.24, 2.45) is 5.14 Å². The molecule has 130 valence electrons. The second-order valence-electron chi connectivity index (χ2n) is 5.55. The molecule has 3 rings (SSSR count). The minimum atomic E-state index is -3.72. The highest BCUT2D eigenvalue weighted by Crippen LogP contribution is 2.29. The number of nitrogens with zero attached hydrogens (tertiary/aromatic N) is 1. The molecule has 0 saturated carbocycles. The summed E-state index contributed by atoms with van der Waals surface area (Å²) in [6.45, 7) is 3.87. The van der Waals surface area contributed by atoms with Crippen molar-refractivity contribution in [2.75, 3.05) is 0 Å². The SMILES string of the molecule is Cc1cc(/C=C2\SC(=S)NC2=O)c(C)n1-c1ccc(S(N)(=O)=O)cc1. The normalized spacial score (nSPS) is 16.5. The van der Waals surface area contributed by atoms with Crippen LogP contribution >= 0.6 is 24.0 Å². The molecule has 3 N–H and O–H groups in total. The van der Waals surface area contributed by atoms with Crippen molar-refractivity contribution in [3.05, 3.63) is 52.2 Å². The number of aromatic nitrogens is 1. The van der Waals surface area contributed by atoms with Gasteiger partial charge in [-0.3, -0.25) is 4.79 Å². The molecule has 0 spiro atoms. The number of amides is 1. The average Bonchev–Trinajstić information content (AvgIpc) is 2.98. The summed E-state index contributed by atoms with van der Waals surface area (Å²) >= 11 is 6.23. The zero-order valence-electron chi connectivity index (χ0n) is 13.4. The van der Waals surface area contributed by atoms with Crippen LogP contribution in [0.4, 0.5) is 0 Å². The van der Waals surface area contributed by atoms with Gasteiger partial charge in [0.15, 0.2) is 0 Å². The van der Waals surface area contributed by atoms with Gasteiger partial charge in [-0.05, 0) is 55.8 Å². The number of aryl methyl sites for hydroxylation is 1. The number of primary sulfonamides is 1. The fourth-order valence-electron chi connectivity index (χ4n) is 2.68. The number of nitrogens with two attached hydrogens (primary N) is 1. The predicted molar refractivity (Wildman–Crippen MR) is 103 cm³/mol. The van der Waals surface area contributed by atoms with Gasteiger partial charge >= 0.3 is 0 Å². The first-order valence-electron chi connectivity index (χ1n) is 7.24. The lowest BCUT2D eigenvalue weighted by molar-refractivity contribution is -0.115. The number of thiocarbonyl (C=S) groups is 1. The average molecular weight is 394 g/mol. The molecule has 1 aromatic heterocycles. The number of hydrogen-bond acceptors (Lipinski definition) is 5. The van der Waals surface area contributed by atoms with Gasteiger partial charge in [-0.15, -0.1) is 0 Å². The van der Waals surface area contributed by atoms with Crippen molar-refractivity contribution >= 4 is 50.3 Å². The number of carbonyl (C=O) groups excluding carboxylic acids is 1. The third-order valence-electron chi connectivity index (χ3n) is 3.82. The van der Waals surface area contributed by atoms with Gasteiger partial charge in [0, 0.05) is 17.1 Å². The van der Waals surface area contributed by atoms with Gasteiger partial charge in [0.25, 0.3) is 5.91 Å². The Labute approximate surface area is 155 Å². The molecule has 2 aromatic rings. The largest absolute Gasteiger partial charge is 0.318 e. The molecule has 6 nitrogen and oxygen atoms in total. The van der Waals surface area contributed by atoms with E-state index in [-0.39, 0.29) is 10.8 Å². The summed E-state index contributed by atoms with van der Waals surface area (Å²) in [5, 5.41) is 7.72. The minimum Gasteiger partial charge on any atom is -0.318 e. The third kappa shape index (κ3) is 3.54. The van der Waals surface area contributed by atoms with Crippen molar-refractivity contribution < 1.29 is 13.2 Å². The molecule has 25 heavy (non-hydrogen) atoms. The van der Waals surface area contributed by atoms with E-state index in [0.29, 0.717) is 9.23 Å². The van der Waals surface area contributed by atoms with Crippen LogP contribution in [0.15, 0.2) is 40.1 Å². The van der Waals surface area contributed by atoms with E-state index in [1.165, 1.54) is 23.9 Å². The first kappa shape index (κ1) is 17.9. The molecule has 1 saturated heterocycles. The standard InChI is InChI=1S/C16H15N3O3S3/c1-9-7-11(8-14-15(20)18-16(23)24-14)10(2)19(9)12-3-5-13(6-4-12)25(17,21)22/h3-8H,1-2H3,(H2,17,21,22)(H,18,20,23)/b14-8-. The first-order valence-corrected chi connectivity index (χ1v) is 10.0. The van der Waals surface area contributed by atoms with Crippen molar-refractivity contribution in [1.29, 1.82) is 0 Å². The van der Waals surface area contributed by atoms with Gasteiger partial charge in [0.2, 0.25) is 10.0 Å². The Bertz CT molecular complexity index is 1020. The third-order valence-corrected chi connectivity index (χ3v) is 5.91. The molecule has 0 aliphatic carbocycles. The lowest BCUT2D eigenvalue weighted by atomic mass is 10.2. The van der Waals surface area contributed by atoms with Crippen LogP contribution in [-0.2, 0) is 14.8 Å². The Morgan fingerprint density at radius 2 is 1.88 bits per heavy atom. The fraction of sp³-hybridized carbons (Fsp3) is 0.125. The molecule has 2 heterocycles. The van der Waals surface area contributed by atoms with Gasteiger partial charge in [0.1, 0.15) is 4.32 Å². The van der Waals surface area contributed by atoms with Crippen LogP contribution < -0.4 is 10.5 Å². The number of nitrogens with one attached hydrogen (secondary N) is 1. The van der Waals surface area contributed by atoms with E-state index in [1.54, 1.807) is 18.2 Å². The molecule has 9 heteroatoms. The van der Waals surface area contributed by atoms with Crippen LogP contribution in [0.25, 0.3) is 11.8 Å². The van der Waals surface area contributed by atoms with Crippen LogP contribution in [0.3, 0.4) is 0 Å². The van der Waals surface area contributed by atoms with E-state index in [4.69, 9.17) is 17.4 Å². The monoisotopic (exact) mass is 393 g/mol. The Kier molecular flexibility index (Phi) is 4.58. The van der Waals surface area contributed by atoms with E-state index >= 15 is 0 Å². The van der Waals surface area contributed by atoms with E-state index in [2.05, 4.69) is 5.32 Å². The Hall–Kier alpha value is -1.94. The van der Waals surface area contributed by atoms with Crippen LogP contribution in [-0.4, -0.2) is 23.2 Å². The molecule has 0 atom stereocenters. The van der Waals surface area contributed by atoms with Crippen molar-refractivity contribution in [3.8, 4) is 5.69 Å². The molecule has 1 aromatic carbocycles. The summed E-state index contributed by atoms with van der Waals surface area (Å²) in [4.78, 5) is 12.4. The quantitative estimate of drug-likeness (QED) is 0.616. The number of benzene rings is 1. The van der Waals surface area contributed by atoms with E-state index in [9.17, 15) is 13.2 Å². The summed E-state index contributed by atoms with van der Waals surface area (Å²) in [5.41, 5.74) is 3.60. The predicted octanol–water partition coefficient (Wildman–Crippen LogP) is 2.23. The summed E-state index contributed by atoms with van der Waals surface area (Å²) < 4.78 is 25.2. The Balaban J connectivity index is 2.02. The highest BCUT2D eigenvalue weighted by Gasteiger charge is 2.23. The molecular weight excluding hydrogens is 378 g/mol. The maximum Gasteiger partial charge on any atom is 0.263 e. The topological polar surface area (TPSA) is 94.2 Å². The van der Waals surface area contributed by atoms with Gasteiger partial charge in [-0.1, -0.05) is 24.0 Å². The molecule has 0 unspecified atom stereocenters. The van der Waals surface area contributed by atoms with Gasteiger partial charge in [-0.2, -0.15) is 0 Å². The molecule has 0 bridgehead atoms. The summed E-state index contributed by atoms with van der Waals surface area (Å²) in [7, 11) is -3.72. The maximum absolute atomic E-state index is 11.8. The first-order chi connectivity index (χ1) is 11.7. The molecule has 1 amide bonds. The fourth-order valence-corrected chi connectivity index (χ4v) is 4.23. The second kappa shape index (κ2) is 6.41. The number of thioether (sulfide) groups is 1. The second-order valence-corrected chi connectivity index (χ2v) is 8.83. The van der Waals surface area contributed by atoms with Crippen LogP contribution in [0, 0.1) is 13.8 Å². The number of rotatable bonds is 3. The van der Waals surface area contributed by atoms with Crippen molar-refractivity contribution in [1.82, 2.24) is 9.88 Å². The van der Waals surface area contributed by atoms with E-state index in [1.807, 2.05) is 24.5 Å². The van der Waals surface area contributed by atoms with Crippen LogP contribution in [0.5, 0.6) is 0 Å². The smallest absolute Gasteiger partial charge is 0.263 e. The lowest BCUT2D eigenvalue weighted by Gasteiger charge is -2.10. The van der Waals surface area contributed by atoms with Crippen LogP contribution in [0.2, 0.25) is 0 Å². The zero-order chi connectivity index (χ0) is 18.4. The zero-order valence-corrected chi connectivity index (χ0v) is 15.9. The highest BCUT2D eigenvalue weighted by atomic mass is 32.2. The van der Waals surface area contributed by atoms with Crippen molar-refractivity contribution in [3.63, 3.8) is 0 Å². The minimum absolute atomic E-state index is 0.0635. The molecule has 0 radical (unpaired) electrons. The summed E-state index contributed by atoms with van der Waals surface area (Å²) in [6, 6.07) is 8.30. The number of carbonyl (C=O) groups is 1. The summed E-state index contributed by atoms with van der Waals surface area (Å²) in [6.07, 6.45) is 1.80. The Morgan fingerprint density at radius 3 is 2.40 bits per heavy atom. The molecule has 1 fully saturated rings. The number of hydrogen-bond donors (Lipinski definition) is 2. The highest BCUT2D eigenvalue weighted by molar-refractivity contribution is 8.26. The molecule has 1 aliphatic rings. The van der Waals surface area contributed by atoms with E-state index in [0.717, 1.165) is 22.6 Å². The summed E-state index contributed by atoms with van der Waals surface area (Å²) in [5.74, 6) is -0.197. The maximum atomic E-state index is 11.8.